The van der Waals surface area contributed by atoms with Gasteiger partial charge in [-0.1, -0.05) is 30.3 Å². The molecular weight excluding hydrogens is 466 g/mol. The maximum Gasteiger partial charge on any atom is 0.234 e. The average Bonchev–Trinajstić information content (AvgIpc) is 3.66. The van der Waals surface area contributed by atoms with Crippen LogP contribution in [0.15, 0.2) is 66.9 Å². The van der Waals surface area contributed by atoms with Crippen LogP contribution in [0.2, 0.25) is 0 Å². The number of carbonyl (C=O) groups is 1. The quantitative estimate of drug-likeness (QED) is 0.571. The molecular formula is C29H33N5O3. The molecule has 2 atom stereocenters. The van der Waals surface area contributed by atoms with Crippen LogP contribution in [-0.2, 0) is 29.2 Å². The number of fused-ring (bicyclic) bond motifs is 5. The lowest BCUT2D eigenvalue weighted by Crippen LogP contribution is -2.48. The fourth-order valence-corrected chi connectivity index (χ4v) is 5.28. The van der Waals surface area contributed by atoms with E-state index >= 15 is 0 Å². The Morgan fingerprint density at radius 1 is 0.973 bits per heavy atom. The number of carbonyl (C=O) groups excluding carboxylic acids is 1. The van der Waals surface area contributed by atoms with E-state index in [1.54, 1.807) is 6.20 Å². The minimum Gasteiger partial charge on any atom is -0.457 e. The number of hydrogen-bond acceptors (Lipinski definition) is 7. The SMILES string of the molecule is Nc1ncccc1CN1C[C@@H]2NC(=O)CN(C3CC3)Cc3cccc(c3)Oc3cccc(c3)CO[C@H]2C1. The number of nitrogens with two attached hydrogens (primary N) is 1. The summed E-state index contributed by atoms with van der Waals surface area (Å²) in [6.07, 6.45) is 3.83. The summed E-state index contributed by atoms with van der Waals surface area (Å²) in [5, 5.41) is 3.30. The summed E-state index contributed by atoms with van der Waals surface area (Å²) in [7, 11) is 0. The Kier molecular flexibility index (Phi) is 6.78. The fraction of sp³-hybridized carbons (Fsp3) is 0.379. The number of nitrogens with one attached hydrogen (secondary N) is 1. The van der Waals surface area contributed by atoms with Gasteiger partial charge in [-0.3, -0.25) is 14.6 Å². The summed E-state index contributed by atoms with van der Waals surface area (Å²) in [5.74, 6) is 2.16. The van der Waals surface area contributed by atoms with Crippen LogP contribution < -0.4 is 15.8 Å². The lowest BCUT2D eigenvalue weighted by Gasteiger charge is -2.25. The van der Waals surface area contributed by atoms with Gasteiger partial charge in [0.2, 0.25) is 5.91 Å². The predicted octanol–water partition coefficient (Wildman–Crippen LogP) is 3.32. The van der Waals surface area contributed by atoms with Crippen molar-refractivity contribution < 1.29 is 14.3 Å². The van der Waals surface area contributed by atoms with Gasteiger partial charge in [-0.25, -0.2) is 4.98 Å². The van der Waals surface area contributed by atoms with Gasteiger partial charge >= 0.3 is 0 Å². The van der Waals surface area contributed by atoms with Crippen LogP contribution in [0.4, 0.5) is 5.82 Å². The molecule has 1 amide bonds. The van der Waals surface area contributed by atoms with Crippen molar-refractivity contribution in [3.8, 4) is 11.5 Å². The summed E-state index contributed by atoms with van der Waals surface area (Å²) < 4.78 is 12.6. The molecule has 192 valence electrons. The van der Waals surface area contributed by atoms with E-state index in [9.17, 15) is 4.79 Å². The molecule has 3 aliphatic rings. The van der Waals surface area contributed by atoms with Gasteiger partial charge in [0.25, 0.3) is 0 Å². The van der Waals surface area contributed by atoms with Crippen molar-refractivity contribution >= 4 is 11.7 Å². The van der Waals surface area contributed by atoms with E-state index in [-0.39, 0.29) is 18.1 Å². The first-order chi connectivity index (χ1) is 18.1. The third kappa shape index (κ3) is 5.93. The van der Waals surface area contributed by atoms with Crippen molar-refractivity contribution in [1.29, 1.82) is 0 Å². The van der Waals surface area contributed by atoms with Crippen LogP contribution in [0.3, 0.4) is 0 Å². The van der Waals surface area contributed by atoms with Crippen LogP contribution in [-0.4, -0.2) is 58.5 Å². The Morgan fingerprint density at radius 2 is 1.76 bits per heavy atom. The van der Waals surface area contributed by atoms with Gasteiger partial charge in [0.05, 0.1) is 25.3 Å². The van der Waals surface area contributed by atoms with Gasteiger partial charge in [-0.2, -0.15) is 0 Å². The zero-order chi connectivity index (χ0) is 25.2. The van der Waals surface area contributed by atoms with E-state index in [1.165, 1.54) is 0 Å². The van der Waals surface area contributed by atoms with Crippen LogP contribution in [0.1, 0.15) is 29.5 Å². The smallest absolute Gasteiger partial charge is 0.234 e. The normalized spacial score (nSPS) is 23.2. The number of nitrogen functional groups attached to an aromatic ring is 1. The van der Waals surface area contributed by atoms with Crippen LogP contribution in [0, 0.1) is 0 Å². The van der Waals surface area contributed by atoms with Crippen molar-refractivity contribution in [2.45, 2.75) is 50.7 Å². The molecule has 4 bridgehead atoms. The molecule has 0 unspecified atom stereocenters. The Labute approximate surface area is 217 Å². The van der Waals surface area contributed by atoms with Crippen molar-refractivity contribution in [1.82, 2.24) is 20.1 Å². The molecule has 37 heavy (non-hydrogen) atoms. The Hall–Kier alpha value is -3.46. The van der Waals surface area contributed by atoms with E-state index in [1.807, 2.05) is 48.5 Å². The number of nitrogens with zero attached hydrogens (tertiary/aromatic N) is 3. The second-order valence-corrected chi connectivity index (χ2v) is 10.3. The Balaban J connectivity index is 1.25. The number of anilines is 1. The topological polar surface area (TPSA) is 93.0 Å². The largest absolute Gasteiger partial charge is 0.457 e. The maximum atomic E-state index is 13.3. The Morgan fingerprint density at radius 3 is 2.54 bits per heavy atom. The molecule has 2 aliphatic heterocycles. The van der Waals surface area contributed by atoms with Gasteiger partial charge in [0, 0.05) is 44.0 Å². The van der Waals surface area contributed by atoms with Gasteiger partial charge in [-0.15, -0.1) is 0 Å². The molecule has 6 rings (SSSR count). The highest BCUT2D eigenvalue weighted by molar-refractivity contribution is 5.78. The third-order valence-corrected chi connectivity index (χ3v) is 7.30. The number of ether oxygens (including phenoxy) is 2. The molecule has 0 radical (unpaired) electrons. The lowest BCUT2D eigenvalue weighted by atomic mass is 10.1. The summed E-state index contributed by atoms with van der Waals surface area (Å²) in [4.78, 5) is 22.0. The van der Waals surface area contributed by atoms with Crippen molar-refractivity contribution in [2.24, 2.45) is 0 Å². The van der Waals surface area contributed by atoms with Crippen LogP contribution in [0.25, 0.3) is 0 Å². The van der Waals surface area contributed by atoms with Gasteiger partial charge in [0.1, 0.15) is 17.3 Å². The molecule has 1 saturated heterocycles. The molecule has 3 N–H and O–H groups in total. The summed E-state index contributed by atoms with van der Waals surface area (Å²) in [5.41, 5.74) is 9.26. The molecule has 8 nitrogen and oxygen atoms in total. The fourth-order valence-electron chi connectivity index (χ4n) is 5.28. The van der Waals surface area contributed by atoms with Crippen molar-refractivity contribution in [3.63, 3.8) is 0 Å². The Bertz CT molecular complexity index is 1260. The van der Waals surface area contributed by atoms with E-state index in [2.05, 4.69) is 32.2 Å². The average molecular weight is 500 g/mol. The van der Waals surface area contributed by atoms with E-state index in [4.69, 9.17) is 15.2 Å². The second kappa shape index (κ2) is 10.5. The lowest BCUT2D eigenvalue weighted by molar-refractivity contribution is -0.124. The van der Waals surface area contributed by atoms with Gasteiger partial charge < -0.3 is 20.5 Å². The zero-order valence-corrected chi connectivity index (χ0v) is 20.9. The molecule has 3 aromatic rings. The number of pyridine rings is 1. The number of likely N-dealkylation sites (tertiary alicyclic amines) is 1. The first-order valence-corrected chi connectivity index (χ1v) is 13.0. The number of benzene rings is 2. The van der Waals surface area contributed by atoms with Crippen molar-refractivity contribution in [3.05, 3.63) is 83.6 Å². The molecule has 1 aromatic heterocycles. The molecule has 0 spiro atoms. The van der Waals surface area contributed by atoms with E-state index in [0.717, 1.165) is 41.0 Å². The molecule has 1 saturated carbocycles. The first kappa shape index (κ1) is 23.9. The predicted molar refractivity (Wildman–Crippen MR) is 141 cm³/mol. The minimum absolute atomic E-state index is 0.0368. The highest BCUT2D eigenvalue weighted by atomic mass is 16.5. The monoisotopic (exact) mass is 499 g/mol. The van der Waals surface area contributed by atoms with Crippen LogP contribution >= 0.6 is 0 Å². The minimum atomic E-state index is -0.138. The molecule has 8 heteroatoms. The highest BCUT2D eigenvalue weighted by Crippen LogP contribution is 2.30. The standard InChI is InChI=1S/C29H33N5O3/c30-29-22(6-3-11-31-29)15-33-16-26-27(17-33)36-19-21-5-2-8-25(13-21)37-24-7-1-4-20(12-24)14-34(23-9-10-23)18-28(35)32-26/h1-8,11-13,23,26-27H,9-10,14-19H2,(H2,30,31)(H,32,35)/t26-,27-/m0/s1. The highest BCUT2D eigenvalue weighted by Gasteiger charge is 2.36. The van der Waals surface area contributed by atoms with E-state index in [0.29, 0.717) is 51.2 Å². The van der Waals surface area contributed by atoms with Crippen molar-refractivity contribution in [2.75, 3.05) is 25.4 Å². The maximum absolute atomic E-state index is 13.3. The number of rotatable bonds is 3. The number of amides is 1. The first-order valence-electron chi connectivity index (χ1n) is 13.0. The van der Waals surface area contributed by atoms with Gasteiger partial charge in [-0.05, 0) is 54.3 Å². The summed E-state index contributed by atoms with van der Waals surface area (Å²) in [6, 6.07) is 20.4. The zero-order valence-electron chi connectivity index (χ0n) is 20.9. The van der Waals surface area contributed by atoms with E-state index < -0.39 is 0 Å². The summed E-state index contributed by atoms with van der Waals surface area (Å²) in [6.45, 7) is 3.58. The molecule has 2 fully saturated rings. The third-order valence-electron chi connectivity index (χ3n) is 7.30. The molecule has 3 heterocycles. The number of aromatic nitrogens is 1. The molecule has 2 aromatic carbocycles. The second-order valence-electron chi connectivity index (χ2n) is 10.3. The molecule has 1 aliphatic carbocycles. The van der Waals surface area contributed by atoms with Crippen LogP contribution in [0.5, 0.6) is 11.5 Å². The number of hydrogen-bond donors (Lipinski definition) is 2. The summed E-state index contributed by atoms with van der Waals surface area (Å²) >= 11 is 0. The van der Waals surface area contributed by atoms with Gasteiger partial charge in [0.15, 0.2) is 0 Å².